The van der Waals surface area contributed by atoms with Crippen LogP contribution in [0.2, 0.25) is 0 Å². The second-order valence-electron chi connectivity index (χ2n) is 7.21. The SMILES string of the molecule is N#Cc1ccc(C2COC3(CCN(C(=O)O[C@H](CO)C(F)(F)F)CC3)C2)cc1. The highest BCUT2D eigenvalue weighted by Crippen LogP contribution is 2.43. The molecule has 28 heavy (non-hydrogen) atoms. The molecule has 0 radical (unpaired) electrons. The van der Waals surface area contributed by atoms with Gasteiger partial charge < -0.3 is 19.5 Å². The Morgan fingerprint density at radius 1 is 1.36 bits per heavy atom. The third kappa shape index (κ3) is 4.39. The van der Waals surface area contributed by atoms with Gasteiger partial charge in [0.25, 0.3) is 0 Å². The molecule has 2 aliphatic rings. The molecule has 0 aromatic heterocycles. The van der Waals surface area contributed by atoms with Crippen molar-refractivity contribution < 1.29 is 32.5 Å². The summed E-state index contributed by atoms with van der Waals surface area (Å²) < 4.78 is 48.4. The van der Waals surface area contributed by atoms with Crippen LogP contribution in [0.4, 0.5) is 18.0 Å². The van der Waals surface area contributed by atoms with E-state index in [9.17, 15) is 18.0 Å². The van der Waals surface area contributed by atoms with E-state index < -0.39 is 30.6 Å². The lowest BCUT2D eigenvalue weighted by Crippen LogP contribution is -2.48. The Balaban J connectivity index is 1.55. The minimum absolute atomic E-state index is 0.176. The lowest BCUT2D eigenvalue weighted by atomic mass is 9.83. The molecule has 2 heterocycles. The summed E-state index contributed by atoms with van der Waals surface area (Å²) >= 11 is 0. The van der Waals surface area contributed by atoms with Crippen LogP contribution in [0.5, 0.6) is 0 Å². The smallest absolute Gasteiger partial charge is 0.427 e. The number of hydrogen-bond donors (Lipinski definition) is 1. The lowest BCUT2D eigenvalue weighted by Gasteiger charge is -2.38. The van der Waals surface area contributed by atoms with Gasteiger partial charge in [-0.3, -0.25) is 0 Å². The summed E-state index contributed by atoms with van der Waals surface area (Å²) in [7, 11) is 0. The molecule has 0 aliphatic carbocycles. The fourth-order valence-electron chi connectivity index (χ4n) is 3.74. The standard InChI is InChI=1S/C19H21F3N2O4/c20-19(21,22)16(11-25)28-17(26)24-7-5-18(6-8-24)9-15(12-27-18)14-3-1-13(10-23)2-4-14/h1-4,15-16,25H,5-9,11-12H2/t15?,16-/m1/s1. The van der Waals surface area contributed by atoms with Crippen molar-refractivity contribution in [1.82, 2.24) is 4.90 Å². The van der Waals surface area contributed by atoms with Crippen molar-refractivity contribution in [1.29, 1.82) is 5.26 Å². The van der Waals surface area contributed by atoms with Gasteiger partial charge in [-0.1, -0.05) is 12.1 Å². The van der Waals surface area contributed by atoms with Crippen molar-refractivity contribution in [2.75, 3.05) is 26.3 Å². The highest BCUT2D eigenvalue weighted by molar-refractivity contribution is 5.68. The average Bonchev–Trinajstić information content (AvgIpc) is 3.09. The summed E-state index contributed by atoms with van der Waals surface area (Å²) in [4.78, 5) is 13.2. The zero-order valence-electron chi connectivity index (χ0n) is 15.1. The summed E-state index contributed by atoms with van der Waals surface area (Å²) in [5, 5.41) is 17.7. The number of piperidine rings is 1. The van der Waals surface area contributed by atoms with Crippen LogP contribution < -0.4 is 0 Å². The van der Waals surface area contributed by atoms with Crippen LogP contribution in [0.25, 0.3) is 0 Å². The van der Waals surface area contributed by atoms with Gasteiger partial charge in [0.1, 0.15) is 0 Å². The van der Waals surface area contributed by atoms with Crippen molar-refractivity contribution in [2.24, 2.45) is 0 Å². The van der Waals surface area contributed by atoms with Crippen LogP contribution in [-0.2, 0) is 9.47 Å². The third-order valence-electron chi connectivity index (χ3n) is 5.43. The normalized spacial score (nSPS) is 22.7. The first-order valence-electron chi connectivity index (χ1n) is 9.03. The van der Waals surface area contributed by atoms with Gasteiger partial charge in [-0.05, 0) is 37.0 Å². The molecule has 3 rings (SSSR count). The number of alkyl halides is 3. The van der Waals surface area contributed by atoms with E-state index in [1.165, 1.54) is 4.90 Å². The monoisotopic (exact) mass is 398 g/mol. The van der Waals surface area contributed by atoms with Crippen molar-refractivity contribution in [3.05, 3.63) is 35.4 Å². The van der Waals surface area contributed by atoms with Gasteiger partial charge in [0, 0.05) is 19.0 Å². The third-order valence-corrected chi connectivity index (χ3v) is 5.43. The van der Waals surface area contributed by atoms with E-state index in [0.717, 1.165) is 12.0 Å². The van der Waals surface area contributed by atoms with Crippen molar-refractivity contribution in [3.63, 3.8) is 0 Å². The summed E-state index contributed by atoms with van der Waals surface area (Å²) in [5.41, 5.74) is 1.26. The summed E-state index contributed by atoms with van der Waals surface area (Å²) in [5.74, 6) is 0.176. The maximum Gasteiger partial charge on any atom is 0.427 e. The molecule has 1 aromatic rings. The lowest BCUT2D eigenvalue weighted by molar-refractivity contribution is -0.215. The van der Waals surface area contributed by atoms with Gasteiger partial charge in [-0.15, -0.1) is 0 Å². The van der Waals surface area contributed by atoms with E-state index in [1.807, 2.05) is 12.1 Å². The quantitative estimate of drug-likeness (QED) is 0.847. The second-order valence-corrected chi connectivity index (χ2v) is 7.21. The van der Waals surface area contributed by atoms with Crippen molar-refractivity contribution >= 4 is 6.09 Å². The summed E-state index contributed by atoms with van der Waals surface area (Å²) in [6.07, 6.45) is -6.63. The molecule has 1 spiro atoms. The highest BCUT2D eigenvalue weighted by Gasteiger charge is 2.46. The number of nitrogens with zero attached hydrogens (tertiary/aromatic N) is 2. The van der Waals surface area contributed by atoms with E-state index in [0.29, 0.717) is 25.0 Å². The number of aliphatic hydroxyl groups excluding tert-OH is 1. The number of hydrogen-bond acceptors (Lipinski definition) is 5. The van der Waals surface area contributed by atoms with Gasteiger partial charge in [-0.25, -0.2) is 4.79 Å². The second kappa shape index (κ2) is 7.97. The number of halogens is 3. The van der Waals surface area contributed by atoms with E-state index in [-0.39, 0.29) is 19.0 Å². The van der Waals surface area contributed by atoms with Crippen LogP contribution in [0, 0.1) is 11.3 Å². The van der Waals surface area contributed by atoms with Crippen molar-refractivity contribution in [2.45, 2.75) is 43.1 Å². The minimum Gasteiger partial charge on any atom is -0.434 e. The Morgan fingerprint density at radius 2 is 2.00 bits per heavy atom. The van der Waals surface area contributed by atoms with Gasteiger partial charge >= 0.3 is 12.3 Å². The maximum absolute atomic E-state index is 12.6. The predicted octanol–water partition coefficient (Wildman–Crippen LogP) is 2.96. The van der Waals surface area contributed by atoms with Crippen molar-refractivity contribution in [3.8, 4) is 6.07 Å². The van der Waals surface area contributed by atoms with Crippen LogP contribution in [0.15, 0.2) is 24.3 Å². The first-order valence-corrected chi connectivity index (χ1v) is 9.03. The van der Waals surface area contributed by atoms with Gasteiger partial charge in [0.05, 0.1) is 30.4 Å². The molecule has 2 fully saturated rings. The molecule has 0 bridgehead atoms. The number of aliphatic hydroxyl groups is 1. The van der Waals surface area contributed by atoms with Gasteiger partial charge in [0.2, 0.25) is 6.10 Å². The minimum atomic E-state index is -4.80. The number of benzene rings is 1. The Kier molecular flexibility index (Phi) is 5.82. The fraction of sp³-hybridized carbons (Fsp3) is 0.579. The summed E-state index contributed by atoms with van der Waals surface area (Å²) in [6.45, 7) is -0.316. The first kappa shape index (κ1) is 20.4. The van der Waals surface area contributed by atoms with Gasteiger partial charge in [-0.2, -0.15) is 18.4 Å². The van der Waals surface area contributed by atoms with E-state index in [4.69, 9.17) is 15.1 Å². The summed E-state index contributed by atoms with van der Waals surface area (Å²) in [6, 6.07) is 9.41. The Bertz CT molecular complexity index is 737. The van der Waals surface area contributed by atoms with E-state index in [2.05, 4.69) is 10.8 Å². The molecule has 2 atom stereocenters. The fourth-order valence-corrected chi connectivity index (χ4v) is 3.74. The highest BCUT2D eigenvalue weighted by atomic mass is 19.4. The molecule has 1 unspecified atom stereocenters. The Hall–Kier alpha value is -2.31. The first-order chi connectivity index (χ1) is 13.3. The van der Waals surface area contributed by atoms with Crippen LogP contribution in [0.3, 0.4) is 0 Å². The molecular weight excluding hydrogens is 377 g/mol. The number of nitriles is 1. The zero-order chi connectivity index (χ0) is 20.4. The zero-order valence-corrected chi connectivity index (χ0v) is 15.1. The van der Waals surface area contributed by atoms with E-state index in [1.54, 1.807) is 12.1 Å². The number of amides is 1. The van der Waals surface area contributed by atoms with E-state index >= 15 is 0 Å². The molecule has 1 aromatic carbocycles. The Morgan fingerprint density at radius 3 is 2.54 bits per heavy atom. The number of likely N-dealkylation sites (tertiary alicyclic amines) is 1. The number of carbonyl (C=O) groups is 1. The maximum atomic E-state index is 12.6. The van der Waals surface area contributed by atoms with Crippen LogP contribution >= 0.6 is 0 Å². The van der Waals surface area contributed by atoms with Crippen LogP contribution in [0.1, 0.15) is 36.3 Å². The molecular formula is C19H21F3N2O4. The predicted molar refractivity (Wildman–Crippen MR) is 91.4 cm³/mol. The molecule has 2 aliphatic heterocycles. The molecule has 6 nitrogen and oxygen atoms in total. The number of rotatable bonds is 3. The molecule has 0 saturated carbocycles. The molecule has 9 heteroatoms. The number of carbonyl (C=O) groups excluding carboxylic acids is 1. The average molecular weight is 398 g/mol. The molecule has 152 valence electrons. The molecule has 1 N–H and O–H groups in total. The molecule has 2 saturated heterocycles. The Labute approximate surface area is 160 Å². The van der Waals surface area contributed by atoms with Gasteiger partial charge in [0.15, 0.2) is 0 Å². The van der Waals surface area contributed by atoms with Crippen LogP contribution in [-0.4, -0.2) is 60.3 Å². The largest absolute Gasteiger partial charge is 0.434 e. The molecule has 1 amide bonds. The number of ether oxygens (including phenoxy) is 2. The topological polar surface area (TPSA) is 82.8 Å².